The first-order chi connectivity index (χ1) is 9.53. The number of piperidine rings is 1. The van der Waals surface area contributed by atoms with Crippen LogP contribution in [0.25, 0.3) is 0 Å². The Hall–Kier alpha value is -0.610. The van der Waals surface area contributed by atoms with E-state index in [1.54, 1.807) is 0 Å². The van der Waals surface area contributed by atoms with E-state index < -0.39 is 5.54 Å². The standard InChI is InChI=1S/C16H33N3O/c1-4-9-14-10-6-7-12-19(14)13-8-11-16(3,15(17)20)18-5-2/h14,18H,4-13H2,1-3H3,(H2,17,20). The molecule has 1 aliphatic heterocycles. The molecule has 0 aromatic rings. The van der Waals surface area contributed by atoms with E-state index in [1.807, 2.05) is 13.8 Å². The number of carbonyl (C=O) groups is 1. The van der Waals surface area contributed by atoms with Gasteiger partial charge in [0, 0.05) is 6.04 Å². The van der Waals surface area contributed by atoms with E-state index >= 15 is 0 Å². The minimum Gasteiger partial charge on any atom is -0.368 e. The summed E-state index contributed by atoms with van der Waals surface area (Å²) in [5.74, 6) is -0.233. The maximum atomic E-state index is 11.6. The zero-order valence-corrected chi connectivity index (χ0v) is 13.6. The number of carbonyl (C=O) groups excluding carboxylic acids is 1. The Labute approximate surface area is 124 Å². The highest BCUT2D eigenvalue weighted by Crippen LogP contribution is 2.22. The molecule has 1 fully saturated rings. The number of hydrogen-bond donors (Lipinski definition) is 2. The van der Waals surface area contributed by atoms with Crippen molar-refractivity contribution in [3.63, 3.8) is 0 Å². The maximum Gasteiger partial charge on any atom is 0.237 e. The molecule has 0 aliphatic carbocycles. The molecule has 20 heavy (non-hydrogen) atoms. The molecule has 1 amide bonds. The third-order valence-corrected chi connectivity index (χ3v) is 4.60. The number of hydrogen-bond acceptors (Lipinski definition) is 3. The van der Waals surface area contributed by atoms with Gasteiger partial charge in [0.2, 0.25) is 5.91 Å². The summed E-state index contributed by atoms with van der Waals surface area (Å²) >= 11 is 0. The van der Waals surface area contributed by atoms with E-state index in [1.165, 1.54) is 38.6 Å². The van der Waals surface area contributed by atoms with E-state index in [2.05, 4.69) is 17.1 Å². The van der Waals surface area contributed by atoms with Crippen LogP contribution in [0.15, 0.2) is 0 Å². The highest BCUT2D eigenvalue weighted by atomic mass is 16.1. The van der Waals surface area contributed by atoms with Crippen molar-refractivity contribution in [3.8, 4) is 0 Å². The molecule has 1 aliphatic rings. The second-order valence-corrected chi connectivity index (χ2v) is 6.30. The van der Waals surface area contributed by atoms with Gasteiger partial charge in [-0.25, -0.2) is 0 Å². The summed E-state index contributed by atoms with van der Waals surface area (Å²) in [6, 6.07) is 0.757. The van der Waals surface area contributed by atoms with E-state index in [4.69, 9.17) is 5.73 Å². The van der Waals surface area contributed by atoms with Gasteiger partial charge >= 0.3 is 0 Å². The summed E-state index contributed by atoms with van der Waals surface area (Å²) in [6.07, 6.45) is 8.46. The zero-order valence-electron chi connectivity index (χ0n) is 13.6. The van der Waals surface area contributed by atoms with Crippen LogP contribution in [0, 0.1) is 0 Å². The van der Waals surface area contributed by atoms with Gasteiger partial charge < -0.3 is 16.0 Å². The lowest BCUT2D eigenvalue weighted by molar-refractivity contribution is -0.124. The largest absolute Gasteiger partial charge is 0.368 e. The predicted octanol–water partition coefficient (Wildman–Crippen LogP) is 2.27. The van der Waals surface area contributed by atoms with E-state index in [-0.39, 0.29) is 5.91 Å². The molecule has 0 aromatic carbocycles. The lowest BCUT2D eigenvalue weighted by atomic mass is 9.93. The Morgan fingerprint density at radius 1 is 1.40 bits per heavy atom. The fraction of sp³-hybridized carbons (Fsp3) is 0.938. The van der Waals surface area contributed by atoms with Crippen molar-refractivity contribution in [1.82, 2.24) is 10.2 Å². The van der Waals surface area contributed by atoms with Gasteiger partial charge in [-0.1, -0.05) is 26.7 Å². The van der Waals surface area contributed by atoms with Gasteiger partial charge in [0.05, 0.1) is 5.54 Å². The van der Waals surface area contributed by atoms with Crippen LogP contribution < -0.4 is 11.1 Å². The molecule has 0 spiro atoms. The summed E-state index contributed by atoms with van der Waals surface area (Å²) < 4.78 is 0. The number of likely N-dealkylation sites (N-methyl/N-ethyl adjacent to an activating group) is 1. The van der Waals surface area contributed by atoms with Gasteiger partial charge in [-0.2, -0.15) is 0 Å². The van der Waals surface area contributed by atoms with Crippen LogP contribution in [0.5, 0.6) is 0 Å². The van der Waals surface area contributed by atoms with Crippen molar-refractivity contribution < 1.29 is 4.79 Å². The molecule has 0 aromatic heterocycles. The van der Waals surface area contributed by atoms with Crippen molar-refractivity contribution >= 4 is 5.91 Å². The lowest BCUT2D eigenvalue weighted by Gasteiger charge is -2.36. The van der Waals surface area contributed by atoms with Crippen molar-refractivity contribution in [2.24, 2.45) is 5.73 Å². The Balaban J connectivity index is 2.42. The topological polar surface area (TPSA) is 58.4 Å². The monoisotopic (exact) mass is 283 g/mol. The SMILES string of the molecule is CCCC1CCCCN1CCCC(C)(NCC)C(N)=O. The normalized spacial score (nSPS) is 23.4. The van der Waals surface area contributed by atoms with Gasteiger partial charge in [0.1, 0.15) is 0 Å². The molecule has 1 rings (SSSR count). The van der Waals surface area contributed by atoms with Crippen LogP contribution in [-0.4, -0.2) is 42.0 Å². The number of rotatable bonds is 9. The van der Waals surface area contributed by atoms with E-state index in [9.17, 15) is 4.79 Å². The van der Waals surface area contributed by atoms with Gasteiger partial charge in [0.25, 0.3) is 0 Å². The van der Waals surface area contributed by atoms with Crippen LogP contribution in [-0.2, 0) is 4.79 Å². The highest BCUT2D eigenvalue weighted by Gasteiger charge is 2.30. The Morgan fingerprint density at radius 3 is 2.75 bits per heavy atom. The third-order valence-electron chi connectivity index (χ3n) is 4.60. The van der Waals surface area contributed by atoms with Crippen molar-refractivity contribution in [2.45, 2.75) is 77.3 Å². The molecule has 4 heteroatoms. The Bertz CT molecular complexity index is 293. The maximum absolute atomic E-state index is 11.6. The molecule has 1 heterocycles. The predicted molar refractivity (Wildman–Crippen MR) is 84.6 cm³/mol. The van der Waals surface area contributed by atoms with Gasteiger partial charge in [-0.3, -0.25) is 4.79 Å². The quantitative estimate of drug-likeness (QED) is 0.682. The molecule has 3 N–H and O–H groups in total. The number of primary amides is 1. The molecule has 118 valence electrons. The fourth-order valence-corrected chi connectivity index (χ4v) is 3.34. The van der Waals surface area contributed by atoms with Gasteiger partial charge in [-0.15, -0.1) is 0 Å². The summed E-state index contributed by atoms with van der Waals surface area (Å²) in [7, 11) is 0. The summed E-state index contributed by atoms with van der Waals surface area (Å²) in [5, 5.41) is 3.24. The van der Waals surface area contributed by atoms with E-state index in [0.717, 1.165) is 32.0 Å². The Morgan fingerprint density at radius 2 is 2.15 bits per heavy atom. The highest BCUT2D eigenvalue weighted by molar-refractivity contribution is 5.84. The minimum atomic E-state index is -0.551. The van der Waals surface area contributed by atoms with Crippen LogP contribution >= 0.6 is 0 Å². The molecule has 0 radical (unpaired) electrons. The van der Waals surface area contributed by atoms with Crippen molar-refractivity contribution in [3.05, 3.63) is 0 Å². The molecule has 0 saturated carbocycles. The number of nitrogens with two attached hydrogens (primary N) is 1. The summed E-state index contributed by atoms with van der Waals surface area (Å²) in [5.41, 5.74) is 4.99. The Kier molecular flexibility index (Phi) is 7.52. The van der Waals surface area contributed by atoms with Crippen LogP contribution in [0.4, 0.5) is 0 Å². The average Bonchev–Trinajstić information content (AvgIpc) is 2.41. The van der Waals surface area contributed by atoms with Crippen LogP contribution in [0.3, 0.4) is 0 Å². The lowest BCUT2D eigenvalue weighted by Crippen LogP contribution is -2.53. The number of nitrogens with zero attached hydrogens (tertiary/aromatic N) is 1. The number of likely N-dealkylation sites (tertiary alicyclic amines) is 1. The second kappa shape index (κ2) is 8.63. The fourth-order valence-electron chi connectivity index (χ4n) is 3.34. The average molecular weight is 283 g/mol. The first-order valence-electron chi connectivity index (χ1n) is 8.32. The molecule has 2 atom stereocenters. The minimum absolute atomic E-state index is 0.233. The molecular weight excluding hydrogens is 250 g/mol. The van der Waals surface area contributed by atoms with Crippen LogP contribution in [0.2, 0.25) is 0 Å². The number of nitrogens with one attached hydrogen (secondary N) is 1. The molecule has 2 unspecified atom stereocenters. The zero-order chi connectivity index (χ0) is 15.0. The van der Waals surface area contributed by atoms with Gasteiger partial charge in [0.15, 0.2) is 0 Å². The molecule has 0 bridgehead atoms. The summed E-state index contributed by atoms with van der Waals surface area (Å²) in [6.45, 7) is 9.31. The van der Waals surface area contributed by atoms with Crippen molar-refractivity contribution in [1.29, 1.82) is 0 Å². The van der Waals surface area contributed by atoms with Gasteiger partial charge in [-0.05, 0) is 58.7 Å². The van der Waals surface area contributed by atoms with Crippen molar-refractivity contribution in [2.75, 3.05) is 19.6 Å². The molecule has 4 nitrogen and oxygen atoms in total. The molecule has 1 saturated heterocycles. The molecular formula is C16H33N3O. The third kappa shape index (κ3) is 5.06. The second-order valence-electron chi connectivity index (χ2n) is 6.30. The number of amides is 1. The smallest absolute Gasteiger partial charge is 0.237 e. The van der Waals surface area contributed by atoms with Crippen LogP contribution in [0.1, 0.15) is 65.7 Å². The summed E-state index contributed by atoms with van der Waals surface area (Å²) in [4.78, 5) is 14.2. The van der Waals surface area contributed by atoms with E-state index in [0.29, 0.717) is 0 Å². The first-order valence-corrected chi connectivity index (χ1v) is 8.32. The first kappa shape index (κ1) is 17.4.